The average Bonchev–Trinajstić information content (AvgIpc) is 2.94. The van der Waals surface area contributed by atoms with Crippen molar-refractivity contribution in [3.05, 3.63) is 46.5 Å². The second-order valence-corrected chi connectivity index (χ2v) is 6.55. The summed E-state index contributed by atoms with van der Waals surface area (Å²) in [6.07, 6.45) is 2.70. The monoisotopic (exact) mass is 329 g/mol. The first-order valence-electron chi connectivity index (χ1n) is 7.54. The van der Waals surface area contributed by atoms with Crippen molar-refractivity contribution in [2.75, 3.05) is 0 Å². The number of nitrogens with one attached hydrogen (secondary N) is 1. The van der Waals surface area contributed by atoms with Crippen LogP contribution in [0.15, 0.2) is 35.3 Å². The molecule has 5 N–H and O–H groups in total. The number of hydrogen-bond acceptors (Lipinski definition) is 4. The first-order chi connectivity index (χ1) is 11.1. The molecule has 6 nitrogen and oxygen atoms in total. The van der Waals surface area contributed by atoms with Gasteiger partial charge in [-0.15, -0.1) is 0 Å². The van der Waals surface area contributed by atoms with E-state index in [1.54, 1.807) is 0 Å². The highest BCUT2D eigenvalue weighted by Gasteiger charge is 2.30. The van der Waals surface area contributed by atoms with Gasteiger partial charge in [-0.3, -0.25) is 4.79 Å². The first kappa shape index (κ1) is 15.5. The van der Waals surface area contributed by atoms with E-state index in [9.17, 15) is 4.79 Å². The number of aliphatic imine (C=N–C) groups is 1. The summed E-state index contributed by atoms with van der Waals surface area (Å²) in [5.41, 5.74) is 12.7. The molecule has 7 heteroatoms. The third-order valence-corrected chi connectivity index (χ3v) is 4.82. The molecule has 0 bridgehead atoms. The normalized spacial score (nSPS) is 16.4. The fraction of sp³-hybridized carbons (Fsp3) is 0.312. The molecule has 1 heterocycles. The number of benzene rings is 1. The number of thiazole rings is 1. The summed E-state index contributed by atoms with van der Waals surface area (Å²) in [5, 5.41) is 3.53. The predicted octanol–water partition coefficient (Wildman–Crippen LogP) is 1.78. The van der Waals surface area contributed by atoms with Gasteiger partial charge in [0.15, 0.2) is 5.96 Å². The Morgan fingerprint density at radius 3 is 2.87 bits per heavy atom. The molecule has 0 radical (unpaired) electrons. The van der Waals surface area contributed by atoms with Gasteiger partial charge < -0.3 is 16.8 Å². The standard InChI is InChI=1S/C16H19N5OS/c17-15(18)21-16-20-13-11(7-4-8-12(13)23-16)14(22)19-9-10-5-2-1-3-6-10/h1-3,5-6,11H,4,7-9H2,(H,19,22)(H4,17,18,20,21). The maximum Gasteiger partial charge on any atom is 0.229 e. The molecule has 0 aliphatic heterocycles. The summed E-state index contributed by atoms with van der Waals surface area (Å²) >= 11 is 1.46. The van der Waals surface area contributed by atoms with Crippen LogP contribution in [0.5, 0.6) is 0 Å². The second-order valence-electron chi connectivity index (χ2n) is 5.49. The second kappa shape index (κ2) is 6.78. The van der Waals surface area contributed by atoms with Gasteiger partial charge in [-0.05, 0) is 24.8 Å². The highest BCUT2D eigenvalue weighted by molar-refractivity contribution is 7.15. The highest BCUT2D eigenvalue weighted by Crippen LogP contribution is 2.37. The van der Waals surface area contributed by atoms with Gasteiger partial charge in [0.2, 0.25) is 11.0 Å². The zero-order chi connectivity index (χ0) is 16.2. The zero-order valence-electron chi connectivity index (χ0n) is 12.7. The molecule has 0 saturated carbocycles. The fourth-order valence-corrected chi connectivity index (χ4v) is 3.78. The van der Waals surface area contributed by atoms with Crippen LogP contribution in [0, 0.1) is 0 Å². The van der Waals surface area contributed by atoms with Crippen molar-refractivity contribution >= 4 is 28.3 Å². The SMILES string of the molecule is NC(N)=Nc1nc2c(s1)CCCC2C(=O)NCc1ccccc1. The van der Waals surface area contributed by atoms with E-state index in [2.05, 4.69) is 15.3 Å². The van der Waals surface area contributed by atoms with E-state index in [0.29, 0.717) is 11.7 Å². The summed E-state index contributed by atoms with van der Waals surface area (Å²) in [6.45, 7) is 0.524. The van der Waals surface area contributed by atoms with Gasteiger partial charge in [-0.25, -0.2) is 4.98 Å². The van der Waals surface area contributed by atoms with E-state index in [4.69, 9.17) is 11.5 Å². The molecule has 1 unspecified atom stereocenters. The lowest BCUT2D eigenvalue weighted by Gasteiger charge is -2.20. The number of aromatic nitrogens is 1. The Kier molecular flexibility index (Phi) is 4.57. The Labute approximate surface area is 138 Å². The van der Waals surface area contributed by atoms with Crippen LogP contribution in [0.4, 0.5) is 5.13 Å². The average molecular weight is 329 g/mol. The van der Waals surface area contributed by atoms with Gasteiger partial charge in [0.05, 0.1) is 11.6 Å². The van der Waals surface area contributed by atoms with Gasteiger partial charge in [0, 0.05) is 11.4 Å². The third-order valence-electron chi connectivity index (χ3n) is 3.79. The first-order valence-corrected chi connectivity index (χ1v) is 8.36. The van der Waals surface area contributed by atoms with E-state index >= 15 is 0 Å². The van der Waals surface area contributed by atoms with Gasteiger partial charge in [0.1, 0.15) is 0 Å². The van der Waals surface area contributed by atoms with E-state index < -0.39 is 0 Å². The van der Waals surface area contributed by atoms with Crippen molar-refractivity contribution in [1.29, 1.82) is 0 Å². The van der Waals surface area contributed by atoms with Gasteiger partial charge >= 0.3 is 0 Å². The van der Waals surface area contributed by atoms with Gasteiger partial charge in [-0.1, -0.05) is 41.7 Å². The van der Waals surface area contributed by atoms with Crippen molar-refractivity contribution in [3.8, 4) is 0 Å². The number of rotatable bonds is 4. The molecule has 1 aromatic heterocycles. The maximum absolute atomic E-state index is 12.5. The van der Waals surface area contributed by atoms with E-state index in [1.807, 2.05) is 30.3 Å². The molecule has 3 rings (SSSR count). The van der Waals surface area contributed by atoms with Gasteiger partial charge in [-0.2, -0.15) is 4.99 Å². The molecule has 0 saturated heterocycles. The molecule has 1 amide bonds. The predicted molar refractivity (Wildman–Crippen MR) is 91.6 cm³/mol. The molecule has 1 atom stereocenters. The van der Waals surface area contributed by atoms with Crippen molar-refractivity contribution in [1.82, 2.24) is 10.3 Å². The lowest BCUT2D eigenvalue weighted by atomic mass is 9.90. The molecule has 1 aliphatic carbocycles. The van der Waals surface area contributed by atoms with Crippen LogP contribution in [0.2, 0.25) is 0 Å². The number of carbonyl (C=O) groups excluding carboxylic acids is 1. The molecular weight excluding hydrogens is 310 g/mol. The van der Waals surface area contributed by atoms with Gasteiger partial charge in [0.25, 0.3) is 0 Å². The molecule has 0 spiro atoms. The number of fused-ring (bicyclic) bond motifs is 1. The summed E-state index contributed by atoms with van der Waals surface area (Å²) in [4.78, 5) is 22.1. The Balaban J connectivity index is 1.73. The summed E-state index contributed by atoms with van der Waals surface area (Å²) in [5.74, 6) is -0.223. The van der Waals surface area contributed by atoms with Crippen LogP contribution >= 0.6 is 11.3 Å². The minimum absolute atomic E-state index is 0.0105. The van der Waals surface area contributed by atoms with Crippen LogP contribution in [-0.4, -0.2) is 16.9 Å². The fourth-order valence-electron chi connectivity index (χ4n) is 2.73. The molecular formula is C16H19N5OS. The van der Waals surface area contributed by atoms with Crippen LogP contribution in [-0.2, 0) is 17.8 Å². The Hall–Kier alpha value is -2.41. The molecule has 120 valence electrons. The zero-order valence-corrected chi connectivity index (χ0v) is 13.5. The molecule has 1 aliphatic rings. The minimum atomic E-state index is -0.221. The van der Waals surface area contributed by atoms with Crippen molar-refractivity contribution in [2.45, 2.75) is 31.7 Å². The number of carbonyl (C=O) groups is 1. The lowest BCUT2D eigenvalue weighted by molar-refractivity contribution is -0.123. The quantitative estimate of drug-likeness (QED) is 0.587. The number of nitrogens with two attached hydrogens (primary N) is 2. The van der Waals surface area contributed by atoms with Crippen LogP contribution < -0.4 is 16.8 Å². The van der Waals surface area contributed by atoms with Crippen LogP contribution in [0.3, 0.4) is 0 Å². The van der Waals surface area contributed by atoms with Crippen molar-refractivity contribution < 1.29 is 4.79 Å². The minimum Gasteiger partial charge on any atom is -0.370 e. The van der Waals surface area contributed by atoms with E-state index in [0.717, 1.165) is 35.4 Å². The Bertz CT molecular complexity index is 721. The van der Waals surface area contributed by atoms with Crippen molar-refractivity contribution in [3.63, 3.8) is 0 Å². The summed E-state index contributed by atoms with van der Waals surface area (Å²) < 4.78 is 0. The molecule has 23 heavy (non-hydrogen) atoms. The highest BCUT2D eigenvalue weighted by atomic mass is 32.1. The molecule has 1 aromatic carbocycles. The topological polar surface area (TPSA) is 106 Å². The van der Waals surface area contributed by atoms with Crippen LogP contribution in [0.1, 0.15) is 34.9 Å². The molecule has 2 aromatic rings. The molecule has 0 fully saturated rings. The Morgan fingerprint density at radius 2 is 2.13 bits per heavy atom. The number of hydrogen-bond donors (Lipinski definition) is 3. The van der Waals surface area contributed by atoms with Crippen molar-refractivity contribution in [2.24, 2.45) is 16.5 Å². The van der Waals surface area contributed by atoms with E-state index in [-0.39, 0.29) is 17.8 Å². The van der Waals surface area contributed by atoms with Crippen LogP contribution in [0.25, 0.3) is 0 Å². The number of aryl methyl sites for hydroxylation is 1. The number of guanidine groups is 1. The van der Waals surface area contributed by atoms with E-state index in [1.165, 1.54) is 11.3 Å². The summed E-state index contributed by atoms with van der Waals surface area (Å²) in [7, 11) is 0. The smallest absolute Gasteiger partial charge is 0.229 e. The largest absolute Gasteiger partial charge is 0.370 e. The lowest BCUT2D eigenvalue weighted by Crippen LogP contribution is -2.31. The summed E-state index contributed by atoms with van der Waals surface area (Å²) in [6, 6.07) is 9.86. The maximum atomic E-state index is 12.5. The number of nitrogens with zero attached hydrogens (tertiary/aromatic N) is 2. The third kappa shape index (κ3) is 3.68. The number of amides is 1. The Morgan fingerprint density at radius 1 is 1.35 bits per heavy atom.